The number of methoxy groups -OCH3 is 1. The van der Waals surface area contributed by atoms with Crippen LogP contribution in [0.1, 0.15) is 77.2 Å². The van der Waals surface area contributed by atoms with Gasteiger partial charge >= 0.3 is 0 Å². The van der Waals surface area contributed by atoms with Gasteiger partial charge in [0.2, 0.25) is 0 Å². The van der Waals surface area contributed by atoms with Crippen molar-refractivity contribution in [3.05, 3.63) is 23.5 Å². The fourth-order valence-electron chi connectivity index (χ4n) is 9.81. The van der Waals surface area contributed by atoms with Crippen molar-refractivity contribution < 1.29 is 19.0 Å². The van der Waals surface area contributed by atoms with E-state index in [0.717, 1.165) is 58.0 Å². The lowest BCUT2D eigenvalue weighted by Crippen LogP contribution is -2.58. The van der Waals surface area contributed by atoms with Gasteiger partial charge < -0.3 is 9.84 Å². The Morgan fingerprint density at radius 1 is 1.14 bits per heavy atom. The van der Waals surface area contributed by atoms with Crippen LogP contribution in [0.15, 0.2) is 12.1 Å². The predicted molar refractivity (Wildman–Crippen MR) is 139 cm³/mol. The molecule has 4 fully saturated rings. The van der Waals surface area contributed by atoms with E-state index in [1.165, 1.54) is 11.1 Å². The normalized spacial score (nSPS) is 41.3. The average Bonchev–Trinajstić information content (AvgIpc) is 3.42. The molecule has 202 valence electrons. The number of hydrogen-bond donors (Lipinski definition) is 1. The molecule has 4 aliphatic rings. The first kappa shape index (κ1) is 25.4. The number of benzene rings is 1. The van der Waals surface area contributed by atoms with Crippen molar-refractivity contribution in [2.45, 2.75) is 90.7 Å². The Bertz CT molecular complexity index is 1210. The Balaban J connectivity index is 1.25. The lowest BCUT2D eigenvalue weighted by atomic mass is 9.43. The third-order valence-corrected chi connectivity index (χ3v) is 11.6. The van der Waals surface area contributed by atoms with Crippen LogP contribution in [0.2, 0.25) is 0 Å². The van der Waals surface area contributed by atoms with Gasteiger partial charge in [0.15, 0.2) is 11.6 Å². The maximum absolute atomic E-state index is 14.9. The van der Waals surface area contributed by atoms with Crippen molar-refractivity contribution in [1.29, 1.82) is 0 Å². The van der Waals surface area contributed by atoms with Crippen molar-refractivity contribution in [2.24, 2.45) is 40.4 Å². The van der Waals surface area contributed by atoms with E-state index in [9.17, 15) is 14.3 Å². The number of carbonyl (C=O) groups excluding carboxylic acids is 1. The van der Waals surface area contributed by atoms with Crippen LogP contribution < -0.4 is 0 Å². The number of fused-ring (bicyclic) bond motifs is 6. The highest BCUT2D eigenvalue weighted by atomic mass is 19.1. The minimum atomic E-state index is -0.563. The number of Topliss-reactive ketones (excluding diaryl/α,β-unsaturated/α-hetero) is 1. The van der Waals surface area contributed by atoms with Crippen LogP contribution in [0.5, 0.6) is 0 Å². The van der Waals surface area contributed by atoms with Gasteiger partial charge in [-0.05, 0) is 118 Å². The molecule has 6 nitrogen and oxygen atoms in total. The number of aryl methyl sites for hydroxylation is 1. The van der Waals surface area contributed by atoms with Gasteiger partial charge in [-0.25, -0.2) is 9.07 Å². The average molecular weight is 512 g/mol. The Kier molecular flexibility index (Phi) is 6.07. The number of nitrogens with zero attached hydrogens (tertiary/aromatic N) is 3. The summed E-state index contributed by atoms with van der Waals surface area (Å²) in [5.41, 5.74) is 0.942. The summed E-state index contributed by atoms with van der Waals surface area (Å²) >= 11 is 0. The van der Waals surface area contributed by atoms with Crippen LogP contribution in [0.3, 0.4) is 0 Å². The van der Waals surface area contributed by atoms with Crippen LogP contribution in [-0.2, 0) is 16.1 Å². The van der Waals surface area contributed by atoms with Crippen molar-refractivity contribution in [3.8, 4) is 0 Å². The van der Waals surface area contributed by atoms with Crippen LogP contribution in [0, 0.1) is 53.2 Å². The van der Waals surface area contributed by atoms with E-state index >= 15 is 0 Å². The smallest absolute Gasteiger partial charge is 0.157 e. The first-order valence-electron chi connectivity index (χ1n) is 14.3. The molecule has 1 N–H and O–H groups in total. The molecule has 1 aromatic heterocycles. The van der Waals surface area contributed by atoms with Crippen molar-refractivity contribution >= 4 is 16.8 Å². The molecule has 2 aromatic rings. The molecule has 0 amide bonds. The minimum absolute atomic E-state index is 0.0197. The maximum Gasteiger partial charge on any atom is 0.157 e. The molecule has 0 saturated heterocycles. The zero-order chi connectivity index (χ0) is 26.2. The Morgan fingerprint density at radius 3 is 2.73 bits per heavy atom. The monoisotopic (exact) mass is 511 g/mol. The lowest BCUT2D eigenvalue weighted by molar-refractivity contribution is -0.175. The lowest BCUT2D eigenvalue weighted by Gasteiger charge is -2.62. The number of ketones is 1. The van der Waals surface area contributed by atoms with Crippen molar-refractivity contribution in [3.63, 3.8) is 0 Å². The van der Waals surface area contributed by atoms with E-state index in [4.69, 9.17) is 4.74 Å². The zero-order valence-corrected chi connectivity index (χ0v) is 22.8. The van der Waals surface area contributed by atoms with Crippen LogP contribution >= 0.6 is 0 Å². The summed E-state index contributed by atoms with van der Waals surface area (Å²) in [7, 11) is 1.83. The van der Waals surface area contributed by atoms with Crippen molar-refractivity contribution in [2.75, 3.05) is 13.7 Å². The third kappa shape index (κ3) is 3.82. The van der Waals surface area contributed by atoms with Gasteiger partial charge in [-0.3, -0.25) is 4.79 Å². The summed E-state index contributed by atoms with van der Waals surface area (Å²) in [6.45, 7) is 6.96. The molecule has 0 bridgehead atoms. The number of carbonyl (C=O) groups is 1. The molecule has 37 heavy (non-hydrogen) atoms. The summed E-state index contributed by atoms with van der Waals surface area (Å²) in [6.07, 6.45) is 9.28. The van der Waals surface area contributed by atoms with Crippen LogP contribution in [0.4, 0.5) is 4.39 Å². The summed E-state index contributed by atoms with van der Waals surface area (Å²) < 4.78 is 22.3. The summed E-state index contributed by atoms with van der Waals surface area (Å²) in [4.78, 5) is 13.8. The quantitative estimate of drug-likeness (QED) is 0.575. The van der Waals surface area contributed by atoms with Gasteiger partial charge in [-0.2, -0.15) is 0 Å². The van der Waals surface area contributed by atoms with E-state index in [-0.39, 0.29) is 34.9 Å². The zero-order valence-electron chi connectivity index (χ0n) is 22.8. The van der Waals surface area contributed by atoms with E-state index in [0.29, 0.717) is 40.3 Å². The van der Waals surface area contributed by atoms with Gasteiger partial charge in [0.05, 0.1) is 12.2 Å². The minimum Gasteiger partial charge on any atom is -0.390 e. The van der Waals surface area contributed by atoms with Crippen LogP contribution in [-0.4, -0.2) is 45.2 Å². The largest absolute Gasteiger partial charge is 0.390 e. The van der Waals surface area contributed by atoms with Crippen LogP contribution in [0.25, 0.3) is 11.0 Å². The number of ether oxygens (including phenoxy) is 1. The summed E-state index contributed by atoms with van der Waals surface area (Å²) in [5, 5.41) is 19.1. The number of hydrogen-bond acceptors (Lipinski definition) is 5. The molecule has 7 heteroatoms. The number of rotatable bonds is 5. The number of aromatic nitrogens is 3. The Hall–Kier alpha value is -1.86. The fraction of sp³-hybridized carbons (Fsp3) is 0.767. The van der Waals surface area contributed by atoms with Gasteiger partial charge in [0.1, 0.15) is 17.6 Å². The predicted octanol–water partition coefficient (Wildman–Crippen LogP) is 5.48. The highest BCUT2D eigenvalue weighted by molar-refractivity contribution is 5.84. The van der Waals surface area contributed by atoms with E-state index in [1.807, 2.05) is 14.0 Å². The molecule has 0 radical (unpaired) electrons. The maximum atomic E-state index is 14.9. The first-order valence-corrected chi connectivity index (χ1v) is 14.3. The number of halogens is 1. The first-order chi connectivity index (χ1) is 17.6. The molecule has 0 aliphatic heterocycles. The second-order valence-electron chi connectivity index (χ2n) is 13.5. The van der Waals surface area contributed by atoms with Crippen molar-refractivity contribution in [1.82, 2.24) is 15.0 Å². The van der Waals surface area contributed by atoms with Gasteiger partial charge in [-0.15, -0.1) is 5.10 Å². The molecule has 4 saturated carbocycles. The standard InChI is InChI=1S/C30H42FN3O3/c1-18-5-10-24-27(26(18)31)34(33-32-24)16-25(35)23-9-8-21-20-7-6-19-15-28(2,36)13-14-30(19,17-37-4)22(20)11-12-29(21,23)3/h5,10,19-23,36H,6-9,11-17H2,1-4H3/t19-,20+,21+,22+,23-,28-,29+,30-/m1/s1. The van der Waals surface area contributed by atoms with E-state index in [1.54, 1.807) is 19.1 Å². The summed E-state index contributed by atoms with van der Waals surface area (Å²) in [6, 6.07) is 3.48. The molecular formula is C30H42FN3O3. The Morgan fingerprint density at radius 2 is 1.95 bits per heavy atom. The highest BCUT2D eigenvalue weighted by Crippen LogP contribution is 2.68. The molecule has 4 aliphatic carbocycles. The fourth-order valence-corrected chi connectivity index (χ4v) is 9.81. The molecule has 0 unspecified atom stereocenters. The molecular weight excluding hydrogens is 469 g/mol. The third-order valence-electron chi connectivity index (χ3n) is 11.6. The van der Waals surface area contributed by atoms with Gasteiger partial charge in [-0.1, -0.05) is 18.2 Å². The second kappa shape index (κ2) is 8.84. The van der Waals surface area contributed by atoms with E-state index in [2.05, 4.69) is 17.2 Å². The molecule has 0 spiro atoms. The van der Waals surface area contributed by atoms with Gasteiger partial charge in [0, 0.05) is 13.0 Å². The molecule has 1 heterocycles. The SMILES string of the molecule is COC[C@]12CC[C@@](C)(O)C[C@H]1CC[C@H]1[C@@H]3CC[C@H](C(=O)Cn4nnc5ccc(C)c(F)c54)[C@@]3(C)CC[C@@H]12. The molecule has 6 rings (SSSR count). The van der Waals surface area contributed by atoms with Gasteiger partial charge in [0.25, 0.3) is 0 Å². The molecule has 8 atom stereocenters. The summed E-state index contributed by atoms with van der Waals surface area (Å²) in [5.74, 6) is 2.07. The number of aliphatic hydroxyl groups is 1. The molecule has 1 aromatic carbocycles. The van der Waals surface area contributed by atoms with E-state index < -0.39 is 5.60 Å². The topological polar surface area (TPSA) is 77.2 Å². The second-order valence-corrected chi connectivity index (χ2v) is 13.5. The Labute approximate surface area is 219 Å². The highest BCUT2D eigenvalue weighted by Gasteiger charge is 2.63.